The Labute approximate surface area is 243 Å². The molecule has 0 aromatic heterocycles. The van der Waals surface area contributed by atoms with Gasteiger partial charge in [0, 0.05) is 37.5 Å². The Kier molecular flexibility index (Phi) is 10.6. The van der Waals surface area contributed by atoms with Gasteiger partial charge in [-0.2, -0.15) is 0 Å². The molecule has 2 atom stereocenters. The quantitative estimate of drug-likeness (QED) is 0.123. The molecule has 0 aliphatic rings. The van der Waals surface area contributed by atoms with E-state index in [9.17, 15) is 0 Å². The maximum absolute atomic E-state index is 6.19. The molecule has 0 saturated heterocycles. The van der Waals surface area contributed by atoms with Crippen LogP contribution in [0.15, 0.2) is 91.0 Å². The number of rotatable bonds is 13. The van der Waals surface area contributed by atoms with Crippen LogP contribution in [0.4, 0.5) is 0 Å². The van der Waals surface area contributed by atoms with Crippen molar-refractivity contribution in [3.8, 4) is 5.75 Å². The third kappa shape index (κ3) is 7.61. The van der Waals surface area contributed by atoms with Crippen molar-refractivity contribution in [1.82, 2.24) is 4.90 Å². The van der Waals surface area contributed by atoms with Crippen LogP contribution in [0.5, 0.6) is 5.75 Å². The fraction of sp³-hybridized carbons (Fsp3) is 0.333. The standard InChI is InChI=1S/C36H44NO2P/c1-7-36(5,33-22-27(2)21-29(4)34(33)39-26-38-6)40-35-28(3)15-14-20-32(35)25-37(23-30-16-10-8-11-17-30)24-31-18-12-9-13-19-31/h8-22,40H,7,23-26H2,1-6H3. The molecule has 3 nitrogen and oxygen atoms in total. The minimum Gasteiger partial charge on any atom is -0.467 e. The van der Waals surface area contributed by atoms with Crippen LogP contribution in [0.2, 0.25) is 0 Å². The number of ether oxygens (including phenoxy) is 2. The third-order valence-corrected chi connectivity index (χ3v) is 9.83. The Balaban J connectivity index is 1.70. The van der Waals surface area contributed by atoms with E-state index in [0.717, 1.165) is 31.8 Å². The average molecular weight is 554 g/mol. The minimum absolute atomic E-state index is 0.0651. The van der Waals surface area contributed by atoms with Gasteiger partial charge in [-0.15, -0.1) is 0 Å². The van der Waals surface area contributed by atoms with Crippen molar-refractivity contribution in [2.45, 2.75) is 65.8 Å². The molecular weight excluding hydrogens is 509 g/mol. The third-order valence-electron chi connectivity index (χ3n) is 7.69. The smallest absolute Gasteiger partial charge is 0.188 e. The van der Waals surface area contributed by atoms with Crippen LogP contribution >= 0.6 is 8.58 Å². The van der Waals surface area contributed by atoms with Crippen molar-refractivity contribution in [2.75, 3.05) is 13.9 Å². The Morgan fingerprint density at radius 3 is 1.95 bits per heavy atom. The van der Waals surface area contributed by atoms with Crippen molar-refractivity contribution in [1.29, 1.82) is 0 Å². The summed E-state index contributed by atoms with van der Waals surface area (Å²) in [4.78, 5) is 2.57. The molecule has 0 aliphatic heterocycles. The summed E-state index contributed by atoms with van der Waals surface area (Å²) < 4.78 is 11.5. The second-order valence-electron chi connectivity index (χ2n) is 11.0. The Bertz CT molecular complexity index is 1330. The molecule has 2 unspecified atom stereocenters. The summed E-state index contributed by atoms with van der Waals surface area (Å²) in [7, 11) is 2.29. The molecule has 4 aromatic carbocycles. The normalized spacial score (nSPS) is 13.2. The predicted octanol–water partition coefficient (Wildman–Crippen LogP) is 8.43. The predicted molar refractivity (Wildman–Crippen MR) is 171 cm³/mol. The molecule has 0 fully saturated rings. The molecule has 0 bridgehead atoms. The zero-order chi connectivity index (χ0) is 28.5. The van der Waals surface area contributed by atoms with Crippen molar-refractivity contribution in [2.24, 2.45) is 0 Å². The topological polar surface area (TPSA) is 21.7 Å². The van der Waals surface area contributed by atoms with Crippen molar-refractivity contribution in [3.63, 3.8) is 0 Å². The van der Waals surface area contributed by atoms with Crippen molar-refractivity contribution < 1.29 is 9.47 Å². The van der Waals surface area contributed by atoms with Crippen LogP contribution in [-0.2, 0) is 29.5 Å². The highest BCUT2D eigenvalue weighted by Gasteiger charge is 2.31. The monoisotopic (exact) mass is 553 g/mol. The fourth-order valence-electron chi connectivity index (χ4n) is 5.43. The van der Waals surface area contributed by atoms with Crippen molar-refractivity contribution >= 4 is 13.9 Å². The lowest BCUT2D eigenvalue weighted by molar-refractivity contribution is 0.0495. The lowest BCUT2D eigenvalue weighted by atomic mass is 9.92. The fourth-order valence-corrected chi connectivity index (χ4v) is 7.08. The highest BCUT2D eigenvalue weighted by Crippen LogP contribution is 2.49. The summed E-state index contributed by atoms with van der Waals surface area (Å²) >= 11 is 0. The van der Waals surface area contributed by atoms with Crippen LogP contribution < -0.4 is 10.0 Å². The summed E-state index contributed by atoms with van der Waals surface area (Å²) in [6.07, 6.45) is 1.02. The number of nitrogens with zero attached hydrogens (tertiary/aromatic N) is 1. The van der Waals surface area contributed by atoms with Gasteiger partial charge in [0.2, 0.25) is 0 Å². The molecule has 4 rings (SSSR count). The Morgan fingerprint density at radius 1 is 0.750 bits per heavy atom. The lowest BCUT2D eigenvalue weighted by Crippen LogP contribution is -2.27. The summed E-state index contributed by atoms with van der Waals surface area (Å²) in [5, 5.41) is 1.40. The molecule has 0 aliphatic carbocycles. The SMILES string of the molecule is CCC(C)(Pc1c(C)cccc1CN(Cc1ccccc1)Cc1ccccc1)c1cc(C)cc(C)c1OCOC. The van der Waals surface area contributed by atoms with Gasteiger partial charge in [-0.25, -0.2) is 0 Å². The van der Waals surface area contributed by atoms with E-state index >= 15 is 0 Å². The van der Waals surface area contributed by atoms with E-state index in [1.54, 1.807) is 7.11 Å². The summed E-state index contributed by atoms with van der Waals surface area (Å²) in [6.45, 7) is 14.3. The number of hydrogen-bond acceptors (Lipinski definition) is 3. The zero-order valence-corrected chi connectivity index (χ0v) is 26.0. The van der Waals surface area contributed by atoms with E-state index < -0.39 is 0 Å². The first-order valence-electron chi connectivity index (χ1n) is 14.2. The van der Waals surface area contributed by atoms with Gasteiger partial charge in [0.1, 0.15) is 5.75 Å². The first-order valence-corrected chi connectivity index (χ1v) is 15.2. The van der Waals surface area contributed by atoms with Crippen LogP contribution in [0.25, 0.3) is 0 Å². The molecule has 4 aromatic rings. The van der Waals surface area contributed by atoms with Gasteiger partial charge in [-0.1, -0.05) is 119 Å². The maximum atomic E-state index is 6.19. The number of methoxy groups -OCH3 is 1. The van der Waals surface area contributed by atoms with Gasteiger partial charge in [0.05, 0.1) is 0 Å². The first-order chi connectivity index (χ1) is 19.3. The van der Waals surface area contributed by atoms with Gasteiger partial charge in [0.15, 0.2) is 6.79 Å². The van der Waals surface area contributed by atoms with Gasteiger partial charge in [0.25, 0.3) is 0 Å². The number of aryl methyl sites for hydroxylation is 3. The van der Waals surface area contributed by atoms with Crippen LogP contribution in [0.3, 0.4) is 0 Å². The van der Waals surface area contributed by atoms with Gasteiger partial charge < -0.3 is 9.47 Å². The summed E-state index contributed by atoms with van der Waals surface area (Å²) in [5.41, 5.74) is 9.16. The van der Waals surface area contributed by atoms with E-state index in [-0.39, 0.29) is 11.9 Å². The van der Waals surface area contributed by atoms with Gasteiger partial charge in [-0.3, -0.25) is 4.90 Å². The van der Waals surface area contributed by atoms with E-state index in [4.69, 9.17) is 9.47 Å². The van der Waals surface area contributed by atoms with E-state index in [1.807, 2.05) is 0 Å². The largest absolute Gasteiger partial charge is 0.467 e. The second-order valence-corrected chi connectivity index (χ2v) is 12.9. The highest BCUT2D eigenvalue weighted by molar-refractivity contribution is 7.48. The number of benzene rings is 4. The van der Waals surface area contributed by atoms with Crippen LogP contribution in [0.1, 0.15) is 59.2 Å². The summed E-state index contributed by atoms with van der Waals surface area (Å²) in [5.74, 6) is 0.967. The minimum atomic E-state index is -0.0651. The molecule has 0 spiro atoms. The van der Waals surface area contributed by atoms with E-state index in [0.29, 0.717) is 8.58 Å². The first kappa shape index (κ1) is 30.0. The molecule has 210 valence electrons. The van der Waals surface area contributed by atoms with Gasteiger partial charge in [-0.05, 0) is 60.3 Å². The highest BCUT2D eigenvalue weighted by atomic mass is 31.1. The second kappa shape index (κ2) is 14.1. The van der Waals surface area contributed by atoms with Crippen molar-refractivity contribution in [3.05, 3.63) is 130 Å². The molecule has 0 saturated carbocycles. The summed E-state index contributed by atoms with van der Waals surface area (Å²) in [6, 6.07) is 33.0. The molecule has 0 radical (unpaired) electrons. The Morgan fingerprint density at radius 2 is 1.38 bits per heavy atom. The van der Waals surface area contributed by atoms with Crippen LogP contribution in [0, 0.1) is 20.8 Å². The molecule has 4 heteroatoms. The number of hydrogen-bond donors (Lipinski definition) is 0. The molecule has 40 heavy (non-hydrogen) atoms. The van der Waals surface area contributed by atoms with E-state index in [2.05, 4.69) is 131 Å². The molecule has 0 amide bonds. The molecular formula is C36H44NO2P. The van der Waals surface area contributed by atoms with Gasteiger partial charge >= 0.3 is 0 Å². The van der Waals surface area contributed by atoms with E-state index in [1.165, 1.54) is 44.2 Å². The molecule has 0 N–H and O–H groups in total. The lowest BCUT2D eigenvalue weighted by Gasteiger charge is -2.34. The molecule has 0 heterocycles. The van der Waals surface area contributed by atoms with Crippen LogP contribution in [-0.4, -0.2) is 18.8 Å². The zero-order valence-electron chi connectivity index (χ0n) is 25.0. The Hall–Kier alpha value is -2.97. The maximum Gasteiger partial charge on any atom is 0.188 e. The average Bonchev–Trinajstić information content (AvgIpc) is 2.95.